The van der Waals surface area contributed by atoms with Crippen LogP contribution in [0, 0.1) is 11.3 Å². The zero-order valence-electron chi connectivity index (χ0n) is 6.66. The Kier molecular flexibility index (Phi) is 1.81. The van der Waals surface area contributed by atoms with Gasteiger partial charge in [-0.1, -0.05) is 18.2 Å². The van der Waals surface area contributed by atoms with Crippen LogP contribution in [0.5, 0.6) is 0 Å². The van der Waals surface area contributed by atoms with E-state index in [9.17, 15) is 0 Å². The van der Waals surface area contributed by atoms with E-state index in [1.807, 2.05) is 24.3 Å². The van der Waals surface area contributed by atoms with Crippen molar-refractivity contribution in [3.63, 3.8) is 0 Å². The summed E-state index contributed by atoms with van der Waals surface area (Å²) < 4.78 is 5.08. The Bertz CT molecular complexity index is 323. The Morgan fingerprint density at radius 2 is 2.08 bits per heavy atom. The van der Waals surface area contributed by atoms with Crippen molar-refractivity contribution in [3.8, 4) is 6.07 Å². The number of benzene rings is 1. The van der Waals surface area contributed by atoms with E-state index in [2.05, 4.69) is 6.07 Å². The predicted molar refractivity (Wildman–Crippen MR) is 44.7 cm³/mol. The Hall–Kier alpha value is -1.33. The average Bonchev–Trinajstić information content (AvgIpc) is 2.02. The molecule has 0 spiro atoms. The summed E-state index contributed by atoms with van der Waals surface area (Å²) in [4.78, 5) is 0. The minimum absolute atomic E-state index is 0.445. The third-order valence-electron chi connectivity index (χ3n) is 2.16. The van der Waals surface area contributed by atoms with Crippen LogP contribution in [-0.4, -0.2) is 13.2 Å². The van der Waals surface area contributed by atoms with Crippen LogP contribution in [0.3, 0.4) is 0 Å². The van der Waals surface area contributed by atoms with E-state index < -0.39 is 0 Å². The van der Waals surface area contributed by atoms with E-state index in [-0.39, 0.29) is 0 Å². The van der Waals surface area contributed by atoms with E-state index in [4.69, 9.17) is 10.00 Å². The quantitative estimate of drug-likeness (QED) is 0.624. The van der Waals surface area contributed by atoms with Crippen LogP contribution in [0.25, 0.3) is 0 Å². The maximum Gasteiger partial charge on any atom is 0.0994 e. The van der Waals surface area contributed by atoms with E-state index in [1.54, 1.807) is 0 Å². The fourth-order valence-corrected chi connectivity index (χ4v) is 1.37. The number of hydrogen-bond acceptors (Lipinski definition) is 2. The molecule has 0 aliphatic carbocycles. The van der Waals surface area contributed by atoms with Crippen molar-refractivity contribution in [3.05, 3.63) is 35.4 Å². The minimum Gasteiger partial charge on any atom is -0.380 e. The lowest BCUT2D eigenvalue weighted by atomic mass is 9.93. The van der Waals surface area contributed by atoms with Gasteiger partial charge in [0.05, 0.1) is 24.8 Å². The van der Waals surface area contributed by atoms with Crippen LogP contribution < -0.4 is 0 Å². The van der Waals surface area contributed by atoms with E-state index in [0.717, 1.165) is 24.3 Å². The summed E-state index contributed by atoms with van der Waals surface area (Å²) in [6, 6.07) is 9.91. The second-order valence-electron chi connectivity index (χ2n) is 2.93. The van der Waals surface area contributed by atoms with Gasteiger partial charge in [-0.2, -0.15) is 5.26 Å². The molecule has 1 aromatic carbocycles. The van der Waals surface area contributed by atoms with Gasteiger partial charge in [-0.3, -0.25) is 0 Å². The molecule has 2 heteroatoms. The normalized spacial score (nSPS) is 16.6. The van der Waals surface area contributed by atoms with Crippen molar-refractivity contribution >= 4 is 0 Å². The third-order valence-corrected chi connectivity index (χ3v) is 2.16. The second kappa shape index (κ2) is 2.96. The number of hydrogen-bond donors (Lipinski definition) is 0. The van der Waals surface area contributed by atoms with Crippen molar-refractivity contribution in [2.45, 2.75) is 5.92 Å². The summed E-state index contributed by atoms with van der Waals surface area (Å²) in [5.74, 6) is 0.445. The molecule has 60 valence electrons. The Morgan fingerprint density at radius 1 is 1.33 bits per heavy atom. The van der Waals surface area contributed by atoms with Crippen molar-refractivity contribution in [2.75, 3.05) is 13.2 Å². The predicted octanol–water partition coefficient (Wildman–Crippen LogP) is 1.67. The first-order chi connectivity index (χ1) is 5.92. The summed E-state index contributed by atoms with van der Waals surface area (Å²) in [5.41, 5.74) is 1.91. The van der Waals surface area contributed by atoms with Crippen molar-refractivity contribution in [1.82, 2.24) is 0 Å². The zero-order chi connectivity index (χ0) is 8.39. The highest BCUT2D eigenvalue weighted by Gasteiger charge is 2.22. The SMILES string of the molecule is N#Cc1ccccc1C1COC1. The van der Waals surface area contributed by atoms with Gasteiger partial charge in [0.2, 0.25) is 0 Å². The summed E-state index contributed by atoms with van der Waals surface area (Å²) in [6.07, 6.45) is 0. The Labute approximate surface area is 71.4 Å². The summed E-state index contributed by atoms with van der Waals surface area (Å²) in [6.45, 7) is 1.53. The molecular formula is C10H9NO. The zero-order valence-corrected chi connectivity index (χ0v) is 6.66. The van der Waals surface area contributed by atoms with Crippen LogP contribution >= 0.6 is 0 Å². The largest absolute Gasteiger partial charge is 0.380 e. The highest BCUT2D eigenvalue weighted by molar-refractivity contribution is 5.40. The summed E-state index contributed by atoms with van der Waals surface area (Å²) in [5, 5.41) is 8.80. The van der Waals surface area contributed by atoms with E-state index in [1.165, 1.54) is 0 Å². The molecule has 0 atom stereocenters. The van der Waals surface area contributed by atoms with Gasteiger partial charge in [0, 0.05) is 5.92 Å². The fourth-order valence-electron chi connectivity index (χ4n) is 1.37. The maximum absolute atomic E-state index is 8.80. The lowest BCUT2D eigenvalue weighted by Crippen LogP contribution is -2.25. The molecule has 1 aromatic rings. The highest BCUT2D eigenvalue weighted by atomic mass is 16.5. The molecule has 0 saturated carbocycles. The number of rotatable bonds is 1. The molecular weight excluding hydrogens is 150 g/mol. The van der Waals surface area contributed by atoms with E-state index >= 15 is 0 Å². The van der Waals surface area contributed by atoms with Gasteiger partial charge in [-0.15, -0.1) is 0 Å². The smallest absolute Gasteiger partial charge is 0.0994 e. The third kappa shape index (κ3) is 1.09. The molecule has 0 N–H and O–H groups in total. The van der Waals surface area contributed by atoms with Gasteiger partial charge < -0.3 is 4.74 Å². The van der Waals surface area contributed by atoms with Gasteiger partial charge in [0.1, 0.15) is 0 Å². The molecule has 2 nitrogen and oxygen atoms in total. The lowest BCUT2D eigenvalue weighted by Gasteiger charge is -2.26. The second-order valence-corrected chi connectivity index (χ2v) is 2.93. The summed E-state index contributed by atoms with van der Waals surface area (Å²) >= 11 is 0. The standard InChI is InChI=1S/C10H9NO/c11-5-8-3-1-2-4-10(8)9-6-12-7-9/h1-4,9H,6-7H2. The van der Waals surface area contributed by atoms with Crippen molar-refractivity contribution in [2.24, 2.45) is 0 Å². The van der Waals surface area contributed by atoms with Crippen LogP contribution in [0.2, 0.25) is 0 Å². The minimum atomic E-state index is 0.445. The molecule has 1 aliphatic heterocycles. The Balaban J connectivity index is 2.35. The molecule has 0 aromatic heterocycles. The lowest BCUT2D eigenvalue weighted by molar-refractivity contribution is 0.00832. The van der Waals surface area contributed by atoms with Gasteiger partial charge in [-0.05, 0) is 11.6 Å². The topological polar surface area (TPSA) is 33.0 Å². The van der Waals surface area contributed by atoms with Crippen molar-refractivity contribution < 1.29 is 4.74 Å². The molecule has 0 bridgehead atoms. The van der Waals surface area contributed by atoms with Crippen LogP contribution in [0.1, 0.15) is 17.0 Å². The first-order valence-electron chi connectivity index (χ1n) is 3.98. The molecule has 12 heavy (non-hydrogen) atoms. The van der Waals surface area contributed by atoms with Gasteiger partial charge in [0.15, 0.2) is 0 Å². The first-order valence-corrected chi connectivity index (χ1v) is 3.98. The molecule has 1 saturated heterocycles. The number of nitrogens with zero attached hydrogens (tertiary/aromatic N) is 1. The Morgan fingerprint density at radius 3 is 2.67 bits per heavy atom. The molecule has 2 rings (SSSR count). The number of ether oxygens (including phenoxy) is 1. The summed E-state index contributed by atoms with van der Waals surface area (Å²) in [7, 11) is 0. The van der Waals surface area contributed by atoms with Gasteiger partial charge in [-0.25, -0.2) is 0 Å². The van der Waals surface area contributed by atoms with Crippen molar-refractivity contribution in [1.29, 1.82) is 5.26 Å². The number of nitriles is 1. The van der Waals surface area contributed by atoms with Gasteiger partial charge in [0.25, 0.3) is 0 Å². The van der Waals surface area contributed by atoms with Gasteiger partial charge >= 0.3 is 0 Å². The molecule has 1 fully saturated rings. The fraction of sp³-hybridized carbons (Fsp3) is 0.300. The molecule has 1 heterocycles. The first kappa shape index (κ1) is 7.33. The highest BCUT2D eigenvalue weighted by Crippen LogP contribution is 2.26. The van der Waals surface area contributed by atoms with Crippen LogP contribution in [0.15, 0.2) is 24.3 Å². The molecule has 0 radical (unpaired) electrons. The maximum atomic E-state index is 8.80. The van der Waals surface area contributed by atoms with Crippen LogP contribution in [0.4, 0.5) is 0 Å². The molecule has 0 unspecified atom stereocenters. The molecule has 0 amide bonds. The van der Waals surface area contributed by atoms with Crippen LogP contribution in [-0.2, 0) is 4.74 Å². The molecule has 1 aliphatic rings. The average molecular weight is 159 g/mol. The monoisotopic (exact) mass is 159 g/mol. The van der Waals surface area contributed by atoms with E-state index in [0.29, 0.717) is 5.92 Å².